The number of rotatable bonds is 7. The molecule has 0 aliphatic heterocycles. The number of nitrogens with one attached hydrogen (secondary N) is 1. The van der Waals surface area contributed by atoms with Crippen molar-refractivity contribution in [1.82, 2.24) is 4.98 Å². The maximum absolute atomic E-state index is 13.3. The van der Waals surface area contributed by atoms with Gasteiger partial charge in [0.1, 0.15) is 5.75 Å². The standard InChI is InChI=1S/C22H27N3O2S/c1-6-27-18-9-7-17(8-10-18)21(26)25(12-11-24(4)5)22-23-19-13-15(2)16(3)14-20(19)28-22/h7-10,13-14H,6,11-12H2,1-5H3/p+1. The minimum absolute atomic E-state index is 0.0307. The minimum atomic E-state index is -0.0307. The van der Waals surface area contributed by atoms with Crippen molar-refractivity contribution in [2.45, 2.75) is 20.8 Å². The van der Waals surface area contributed by atoms with E-state index in [1.54, 1.807) is 16.2 Å². The molecule has 1 heterocycles. The number of carbonyl (C=O) groups is 1. The summed E-state index contributed by atoms with van der Waals surface area (Å²) in [5, 5.41) is 0.750. The Hall–Kier alpha value is -2.44. The maximum atomic E-state index is 13.3. The molecule has 0 saturated heterocycles. The average Bonchev–Trinajstić information content (AvgIpc) is 3.05. The quantitative estimate of drug-likeness (QED) is 0.665. The fourth-order valence-corrected chi connectivity index (χ4v) is 3.99. The Labute approximate surface area is 170 Å². The first-order valence-corrected chi connectivity index (χ1v) is 10.4. The van der Waals surface area contributed by atoms with Crippen LogP contribution in [-0.2, 0) is 0 Å². The summed E-state index contributed by atoms with van der Waals surface area (Å²) in [5.41, 5.74) is 4.05. The summed E-state index contributed by atoms with van der Waals surface area (Å²) in [6, 6.07) is 11.6. The monoisotopic (exact) mass is 398 g/mol. The molecule has 28 heavy (non-hydrogen) atoms. The van der Waals surface area contributed by atoms with Crippen molar-refractivity contribution in [1.29, 1.82) is 0 Å². The number of hydrogen-bond donors (Lipinski definition) is 1. The van der Waals surface area contributed by atoms with Gasteiger partial charge in [0, 0.05) is 5.56 Å². The number of likely N-dealkylation sites (N-methyl/N-ethyl adjacent to an activating group) is 1. The second kappa shape index (κ2) is 8.71. The molecule has 0 unspecified atom stereocenters. The third-order valence-electron chi connectivity index (χ3n) is 4.72. The summed E-state index contributed by atoms with van der Waals surface area (Å²) < 4.78 is 6.60. The lowest BCUT2D eigenvalue weighted by Gasteiger charge is -2.20. The van der Waals surface area contributed by atoms with Gasteiger partial charge < -0.3 is 9.64 Å². The zero-order chi connectivity index (χ0) is 20.3. The van der Waals surface area contributed by atoms with Crippen molar-refractivity contribution in [2.75, 3.05) is 38.7 Å². The van der Waals surface area contributed by atoms with E-state index in [4.69, 9.17) is 9.72 Å². The predicted octanol–water partition coefficient (Wildman–Crippen LogP) is 3.10. The number of anilines is 1. The van der Waals surface area contributed by atoms with Crippen molar-refractivity contribution in [3.05, 3.63) is 53.1 Å². The first-order valence-electron chi connectivity index (χ1n) is 9.60. The first-order chi connectivity index (χ1) is 13.4. The number of quaternary nitrogens is 1. The van der Waals surface area contributed by atoms with Crippen molar-refractivity contribution >= 4 is 32.6 Å². The largest absolute Gasteiger partial charge is 0.494 e. The van der Waals surface area contributed by atoms with Gasteiger partial charge in [-0.05, 0) is 68.3 Å². The molecule has 5 nitrogen and oxygen atoms in total. The van der Waals surface area contributed by atoms with Crippen LogP contribution in [-0.4, -0.2) is 44.7 Å². The Balaban J connectivity index is 1.95. The van der Waals surface area contributed by atoms with E-state index in [2.05, 4.69) is 40.1 Å². The van der Waals surface area contributed by atoms with E-state index in [1.807, 2.05) is 31.2 Å². The SMILES string of the molecule is CCOc1ccc(C(=O)N(CC[NH+](C)C)c2nc3cc(C)c(C)cc3s2)cc1. The van der Waals surface area contributed by atoms with Gasteiger partial charge in [-0.2, -0.15) is 0 Å². The van der Waals surface area contributed by atoms with Crippen LogP contribution >= 0.6 is 11.3 Å². The first kappa shape index (κ1) is 20.3. The maximum Gasteiger partial charge on any atom is 0.260 e. The van der Waals surface area contributed by atoms with E-state index in [0.29, 0.717) is 18.7 Å². The number of hydrogen-bond acceptors (Lipinski definition) is 4. The van der Waals surface area contributed by atoms with Crippen LogP contribution in [0, 0.1) is 13.8 Å². The zero-order valence-corrected chi connectivity index (χ0v) is 18.0. The number of amides is 1. The topological polar surface area (TPSA) is 46.9 Å². The molecule has 0 radical (unpaired) electrons. The summed E-state index contributed by atoms with van der Waals surface area (Å²) in [6.45, 7) is 8.21. The highest BCUT2D eigenvalue weighted by atomic mass is 32.1. The second-order valence-electron chi connectivity index (χ2n) is 7.27. The van der Waals surface area contributed by atoms with Gasteiger partial charge in [-0.15, -0.1) is 0 Å². The van der Waals surface area contributed by atoms with Gasteiger partial charge in [-0.25, -0.2) is 4.98 Å². The normalized spacial score (nSPS) is 11.2. The molecule has 6 heteroatoms. The fourth-order valence-electron chi connectivity index (χ4n) is 2.92. The number of nitrogens with zero attached hydrogens (tertiary/aromatic N) is 2. The highest BCUT2D eigenvalue weighted by Gasteiger charge is 2.22. The van der Waals surface area contributed by atoms with E-state index in [0.717, 1.165) is 27.6 Å². The number of ether oxygens (including phenoxy) is 1. The average molecular weight is 399 g/mol. The molecule has 0 aliphatic carbocycles. The van der Waals surface area contributed by atoms with Gasteiger partial charge in [0.15, 0.2) is 5.13 Å². The van der Waals surface area contributed by atoms with Gasteiger partial charge in [0.05, 0.1) is 44.0 Å². The van der Waals surface area contributed by atoms with Crippen molar-refractivity contribution in [2.24, 2.45) is 0 Å². The summed E-state index contributed by atoms with van der Waals surface area (Å²) >= 11 is 1.57. The third-order valence-corrected chi connectivity index (χ3v) is 5.76. The smallest absolute Gasteiger partial charge is 0.260 e. The van der Waals surface area contributed by atoms with E-state index < -0.39 is 0 Å². The fraction of sp³-hybridized carbons (Fsp3) is 0.364. The van der Waals surface area contributed by atoms with Gasteiger partial charge in [0.25, 0.3) is 5.91 Å². The van der Waals surface area contributed by atoms with Gasteiger partial charge >= 0.3 is 0 Å². The number of fused-ring (bicyclic) bond motifs is 1. The third kappa shape index (κ3) is 4.51. The Morgan fingerprint density at radius 3 is 2.46 bits per heavy atom. The molecule has 0 fully saturated rings. The number of carbonyl (C=O) groups excluding carboxylic acids is 1. The Morgan fingerprint density at radius 1 is 1.14 bits per heavy atom. The summed E-state index contributed by atoms with van der Waals surface area (Å²) in [7, 11) is 4.18. The summed E-state index contributed by atoms with van der Waals surface area (Å²) in [6.07, 6.45) is 0. The summed E-state index contributed by atoms with van der Waals surface area (Å²) in [5.74, 6) is 0.742. The van der Waals surface area contributed by atoms with E-state index in [9.17, 15) is 4.79 Å². The van der Waals surface area contributed by atoms with Crippen LogP contribution in [0.3, 0.4) is 0 Å². The lowest BCUT2D eigenvalue weighted by molar-refractivity contribution is -0.856. The summed E-state index contributed by atoms with van der Waals surface area (Å²) in [4.78, 5) is 21.1. The second-order valence-corrected chi connectivity index (χ2v) is 8.28. The van der Waals surface area contributed by atoms with Crippen LogP contribution in [0.4, 0.5) is 5.13 Å². The van der Waals surface area contributed by atoms with Crippen LogP contribution in [0.15, 0.2) is 36.4 Å². The molecule has 0 bridgehead atoms. The Bertz CT molecular complexity index is 925. The molecule has 148 valence electrons. The van der Waals surface area contributed by atoms with E-state index in [1.165, 1.54) is 16.0 Å². The number of thiazole rings is 1. The number of aryl methyl sites for hydroxylation is 2. The molecule has 1 aromatic heterocycles. The van der Waals surface area contributed by atoms with Crippen molar-refractivity contribution < 1.29 is 14.4 Å². The van der Waals surface area contributed by atoms with Gasteiger partial charge in [0.2, 0.25) is 0 Å². The highest BCUT2D eigenvalue weighted by molar-refractivity contribution is 7.22. The molecule has 2 aromatic carbocycles. The van der Waals surface area contributed by atoms with Crippen LogP contribution in [0.2, 0.25) is 0 Å². The van der Waals surface area contributed by atoms with Gasteiger partial charge in [-0.1, -0.05) is 11.3 Å². The van der Waals surface area contributed by atoms with Crippen LogP contribution < -0.4 is 14.5 Å². The van der Waals surface area contributed by atoms with E-state index in [-0.39, 0.29) is 5.91 Å². The molecule has 1 N–H and O–H groups in total. The number of aromatic nitrogens is 1. The molecule has 0 saturated carbocycles. The van der Waals surface area contributed by atoms with Crippen LogP contribution in [0.1, 0.15) is 28.4 Å². The van der Waals surface area contributed by atoms with E-state index >= 15 is 0 Å². The molecule has 3 rings (SSSR count). The lowest BCUT2D eigenvalue weighted by Crippen LogP contribution is -3.06. The molecule has 3 aromatic rings. The highest BCUT2D eigenvalue weighted by Crippen LogP contribution is 2.31. The van der Waals surface area contributed by atoms with Gasteiger partial charge in [-0.3, -0.25) is 9.69 Å². The molecule has 0 atom stereocenters. The zero-order valence-electron chi connectivity index (χ0n) is 17.2. The molecule has 0 aliphatic rings. The Kier molecular flexibility index (Phi) is 6.31. The molecular weight excluding hydrogens is 370 g/mol. The lowest BCUT2D eigenvalue weighted by atomic mass is 10.1. The van der Waals surface area contributed by atoms with Crippen LogP contribution in [0.25, 0.3) is 10.2 Å². The molecule has 1 amide bonds. The minimum Gasteiger partial charge on any atom is -0.494 e. The molecule has 0 spiro atoms. The van der Waals surface area contributed by atoms with Crippen molar-refractivity contribution in [3.8, 4) is 5.75 Å². The molecular formula is C22H28N3O2S+. The number of benzene rings is 2. The Morgan fingerprint density at radius 2 is 1.82 bits per heavy atom. The van der Waals surface area contributed by atoms with Crippen molar-refractivity contribution in [3.63, 3.8) is 0 Å². The predicted molar refractivity (Wildman–Crippen MR) is 116 cm³/mol. The van der Waals surface area contributed by atoms with Crippen LogP contribution in [0.5, 0.6) is 5.75 Å².